The van der Waals surface area contributed by atoms with Crippen LogP contribution in [0.4, 0.5) is 19.3 Å². The molecule has 168 valence electrons. The van der Waals surface area contributed by atoms with Crippen LogP contribution in [-0.4, -0.2) is 85.7 Å². The Labute approximate surface area is 180 Å². The maximum atomic E-state index is 13.4. The van der Waals surface area contributed by atoms with Crippen LogP contribution in [0.1, 0.15) is 30.7 Å². The van der Waals surface area contributed by atoms with Gasteiger partial charge >= 0.3 is 6.03 Å². The summed E-state index contributed by atoms with van der Waals surface area (Å²) in [5.74, 6) is -2.37. The van der Waals surface area contributed by atoms with Gasteiger partial charge in [-0.3, -0.25) is 4.79 Å². The fourth-order valence-electron chi connectivity index (χ4n) is 4.97. The fourth-order valence-corrected chi connectivity index (χ4v) is 4.97. The van der Waals surface area contributed by atoms with Crippen molar-refractivity contribution >= 4 is 17.6 Å². The number of urea groups is 1. The third-order valence-corrected chi connectivity index (χ3v) is 6.97. The molecule has 1 N–H and O–H groups in total. The number of halogens is 2. The van der Waals surface area contributed by atoms with Gasteiger partial charge in [-0.25, -0.2) is 13.6 Å². The van der Waals surface area contributed by atoms with Gasteiger partial charge in [0.15, 0.2) is 0 Å². The Morgan fingerprint density at radius 3 is 2.45 bits per heavy atom. The molecule has 0 radical (unpaired) electrons. The zero-order chi connectivity index (χ0) is 21.6. The lowest BCUT2D eigenvalue weighted by molar-refractivity contribution is -0.139. The van der Waals surface area contributed by atoms with E-state index in [0.717, 1.165) is 12.1 Å². The molecule has 4 heterocycles. The Bertz CT molecular complexity index is 834. The minimum atomic E-state index is -2.54. The van der Waals surface area contributed by atoms with Crippen molar-refractivity contribution in [3.05, 3.63) is 29.8 Å². The second-order valence-corrected chi connectivity index (χ2v) is 9.08. The number of ether oxygens (including phenoxy) is 1. The highest BCUT2D eigenvalue weighted by molar-refractivity contribution is 5.79. The van der Waals surface area contributed by atoms with Crippen LogP contribution in [0, 0.1) is 0 Å². The van der Waals surface area contributed by atoms with Crippen LogP contribution in [0.5, 0.6) is 0 Å². The Morgan fingerprint density at radius 1 is 1.03 bits per heavy atom. The summed E-state index contributed by atoms with van der Waals surface area (Å²) in [4.78, 5) is 30.1. The zero-order valence-electron chi connectivity index (χ0n) is 17.4. The largest absolute Gasteiger partial charge is 0.371 e. The van der Waals surface area contributed by atoms with Gasteiger partial charge in [0.2, 0.25) is 5.91 Å². The van der Waals surface area contributed by atoms with Crippen molar-refractivity contribution in [2.75, 3.05) is 50.8 Å². The molecular weight excluding hydrogens is 406 g/mol. The molecule has 4 aliphatic rings. The van der Waals surface area contributed by atoms with Gasteiger partial charge in [0.1, 0.15) is 6.61 Å². The van der Waals surface area contributed by atoms with Gasteiger partial charge in [-0.15, -0.1) is 0 Å². The van der Waals surface area contributed by atoms with E-state index in [-0.39, 0.29) is 43.5 Å². The van der Waals surface area contributed by atoms with Crippen LogP contribution in [0.3, 0.4) is 0 Å². The Balaban J connectivity index is 1.12. The summed E-state index contributed by atoms with van der Waals surface area (Å²) in [5, 5.41) is 2.93. The normalized spacial score (nSPS) is 28.6. The van der Waals surface area contributed by atoms with E-state index < -0.39 is 5.92 Å². The maximum Gasteiger partial charge on any atom is 0.320 e. The summed E-state index contributed by atoms with van der Waals surface area (Å²) in [7, 11) is 0. The average Bonchev–Trinajstić information content (AvgIpc) is 2.72. The number of nitrogens with one attached hydrogen (secondary N) is 1. The molecule has 9 heteroatoms. The van der Waals surface area contributed by atoms with Crippen LogP contribution in [0.15, 0.2) is 24.3 Å². The SMILES string of the molecule is O=C1CO[C@H]2CCN(C(=O)N3CC(c4ccc(N5CCC(F)(F)CC5)cc4)C3)C[C@H]2N1. The van der Waals surface area contributed by atoms with E-state index in [4.69, 9.17) is 4.74 Å². The van der Waals surface area contributed by atoms with Gasteiger partial charge in [-0.1, -0.05) is 12.1 Å². The Kier molecular flexibility index (Phi) is 5.24. The third-order valence-electron chi connectivity index (χ3n) is 6.97. The summed E-state index contributed by atoms with van der Waals surface area (Å²) in [5.41, 5.74) is 2.15. The lowest BCUT2D eigenvalue weighted by Gasteiger charge is -2.46. The van der Waals surface area contributed by atoms with Crippen molar-refractivity contribution in [3.63, 3.8) is 0 Å². The molecule has 0 aromatic heterocycles. The van der Waals surface area contributed by atoms with Gasteiger partial charge in [0, 0.05) is 63.7 Å². The smallest absolute Gasteiger partial charge is 0.320 e. The number of nitrogens with zero attached hydrogens (tertiary/aromatic N) is 3. The molecule has 4 saturated heterocycles. The second-order valence-electron chi connectivity index (χ2n) is 9.08. The maximum absolute atomic E-state index is 13.4. The zero-order valence-corrected chi connectivity index (χ0v) is 17.4. The summed E-state index contributed by atoms with van der Waals surface area (Å²) in [6, 6.07) is 7.99. The number of morpholine rings is 1. The quantitative estimate of drug-likeness (QED) is 0.774. The lowest BCUT2D eigenvalue weighted by Crippen LogP contribution is -2.63. The molecule has 2 atom stereocenters. The van der Waals surface area contributed by atoms with E-state index in [1.165, 1.54) is 5.56 Å². The number of hydrogen-bond acceptors (Lipinski definition) is 4. The molecule has 0 unspecified atom stereocenters. The van der Waals surface area contributed by atoms with Gasteiger partial charge in [0.05, 0.1) is 12.1 Å². The van der Waals surface area contributed by atoms with E-state index >= 15 is 0 Å². The van der Waals surface area contributed by atoms with Gasteiger partial charge in [-0.05, 0) is 24.1 Å². The number of anilines is 1. The molecule has 0 bridgehead atoms. The number of carbonyl (C=O) groups excluding carboxylic acids is 2. The van der Waals surface area contributed by atoms with Crippen molar-refractivity contribution in [3.8, 4) is 0 Å². The van der Waals surface area contributed by atoms with Crippen LogP contribution in [0.2, 0.25) is 0 Å². The first-order valence-corrected chi connectivity index (χ1v) is 11.1. The number of hydrogen-bond donors (Lipinski definition) is 1. The highest BCUT2D eigenvalue weighted by atomic mass is 19.3. The van der Waals surface area contributed by atoms with Crippen molar-refractivity contribution in [2.45, 2.75) is 43.2 Å². The molecular formula is C22H28F2N4O3. The summed E-state index contributed by atoms with van der Waals surface area (Å²) in [6.45, 7) is 3.32. The number of benzene rings is 1. The van der Waals surface area contributed by atoms with E-state index in [9.17, 15) is 18.4 Å². The standard InChI is InChI=1S/C22H28F2N4O3/c23-22(24)6-9-26(10-7-22)17-3-1-15(2-4-17)16-11-28(12-16)21(30)27-8-5-19-18(13-27)25-20(29)14-31-19/h1-4,16,18-19H,5-14H2,(H,25,29)/t18-,19+/m1/s1. The van der Waals surface area contributed by atoms with Crippen LogP contribution >= 0.6 is 0 Å². The Morgan fingerprint density at radius 2 is 1.74 bits per heavy atom. The predicted molar refractivity (Wildman–Crippen MR) is 110 cm³/mol. The van der Waals surface area contributed by atoms with E-state index in [2.05, 4.69) is 17.4 Å². The molecule has 1 aromatic rings. The van der Waals surface area contributed by atoms with Crippen LogP contribution in [0.25, 0.3) is 0 Å². The lowest BCUT2D eigenvalue weighted by atomic mass is 9.91. The van der Waals surface area contributed by atoms with Crippen LogP contribution in [-0.2, 0) is 9.53 Å². The van der Waals surface area contributed by atoms with Crippen LogP contribution < -0.4 is 10.2 Å². The van der Waals surface area contributed by atoms with Crippen molar-refractivity contribution in [2.24, 2.45) is 0 Å². The molecule has 4 aliphatic heterocycles. The number of rotatable bonds is 2. The highest BCUT2D eigenvalue weighted by Crippen LogP contribution is 2.33. The fraction of sp³-hybridized carbons (Fsp3) is 0.636. The van der Waals surface area contributed by atoms with E-state index in [1.807, 2.05) is 26.8 Å². The third kappa shape index (κ3) is 4.20. The first kappa shape index (κ1) is 20.5. The summed E-state index contributed by atoms with van der Waals surface area (Å²) >= 11 is 0. The number of carbonyl (C=O) groups is 2. The average molecular weight is 434 g/mol. The van der Waals surface area contributed by atoms with Gasteiger partial charge in [-0.2, -0.15) is 0 Å². The minimum absolute atomic E-state index is 0.00413. The topological polar surface area (TPSA) is 65.1 Å². The summed E-state index contributed by atoms with van der Waals surface area (Å²) < 4.78 is 32.3. The number of alkyl halides is 2. The van der Waals surface area contributed by atoms with E-state index in [1.54, 1.807) is 0 Å². The molecule has 7 nitrogen and oxygen atoms in total. The number of fused-ring (bicyclic) bond motifs is 1. The molecule has 3 amide bonds. The molecule has 1 aromatic carbocycles. The Hall–Kier alpha value is -2.42. The van der Waals surface area contributed by atoms with Gasteiger partial charge < -0.3 is 24.8 Å². The minimum Gasteiger partial charge on any atom is -0.371 e. The molecule has 0 saturated carbocycles. The van der Waals surface area contributed by atoms with Crippen molar-refractivity contribution in [1.29, 1.82) is 0 Å². The van der Waals surface area contributed by atoms with Crippen molar-refractivity contribution in [1.82, 2.24) is 15.1 Å². The molecule has 0 aliphatic carbocycles. The summed E-state index contributed by atoms with van der Waals surface area (Å²) in [6.07, 6.45) is 0.540. The number of amides is 3. The van der Waals surface area contributed by atoms with E-state index in [0.29, 0.717) is 45.2 Å². The second kappa shape index (κ2) is 7.93. The highest BCUT2D eigenvalue weighted by Gasteiger charge is 2.40. The first-order valence-electron chi connectivity index (χ1n) is 11.1. The molecule has 31 heavy (non-hydrogen) atoms. The first-order chi connectivity index (χ1) is 14.9. The molecule has 5 rings (SSSR count). The molecule has 0 spiro atoms. The number of piperidine rings is 2. The van der Waals surface area contributed by atoms with Gasteiger partial charge in [0.25, 0.3) is 5.92 Å². The van der Waals surface area contributed by atoms with Crippen molar-refractivity contribution < 1.29 is 23.1 Å². The molecule has 4 fully saturated rings. The predicted octanol–water partition coefficient (Wildman–Crippen LogP) is 2.03. The monoisotopic (exact) mass is 434 g/mol. The number of likely N-dealkylation sites (tertiary alicyclic amines) is 2.